The number of aryl methyl sites for hydroxylation is 1. The largest absolute Gasteiger partial charge is 0.478 e. The highest BCUT2D eigenvalue weighted by Gasteiger charge is 1.98. The van der Waals surface area contributed by atoms with Gasteiger partial charge < -0.3 is 4.74 Å². The molecule has 0 aromatic carbocycles. The van der Waals surface area contributed by atoms with Crippen LogP contribution in [0.15, 0.2) is 18.3 Å². The number of ether oxygens (including phenoxy) is 1. The van der Waals surface area contributed by atoms with Crippen LogP contribution in [0.3, 0.4) is 0 Å². The lowest BCUT2D eigenvalue weighted by Crippen LogP contribution is -2.02. The number of aromatic nitrogens is 1. The Bertz CT molecular complexity index is 271. The second-order valence-electron chi connectivity index (χ2n) is 3.89. The highest BCUT2D eigenvalue weighted by Crippen LogP contribution is 2.10. The minimum absolute atomic E-state index is 0.685. The molecule has 1 aromatic heterocycles. The summed E-state index contributed by atoms with van der Waals surface area (Å²) in [5, 5.41) is 0. The number of pyridine rings is 1. The van der Waals surface area contributed by atoms with E-state index in [1.165, 1.54) is 5.56 Å². The van der Waals surface area contributed by atoms with Gasteiger partial charge in [0, 0.05) is 12.3 Å². The predicted molar refractivity (Wildman–Crippen MR) is 69.9 cm³/mol. The van der Waals surface area contributed by atoms with Crippen molar-refractivity contribution in [1.82, 2.24) is 4.98 Å². The molecule has 2 heteroatoms. The van der Waals surface area contributed by atoms with Crippen molar-refractivity contribution < 1.29 is 4.74 Å². The molecule has 1 aromatic rings. The number of nitrogens with zero attached hydrogens (tertiary/aromatic N) is 1. The Balaban J connectivity index is 0.00000106. The van der Waals surface area contributed by atoms with E-state index in [2.05, 4.69) is 25.8 Å². The van der Waals surface area contributed by atoms with Gasteiger partial charge in [-0.25, -0.2) is 4.98 Å². The Labute approximate surface area is 100 Å². The van der Waals surface area contributed by atoms with Crippen molar-refractivity contribution in [2.75, 3.05) is 6.61 Å². The third-order valence-corrected chi connectivity index (χ3v) is 2.15. The highest BCUT2D eigenvalue weighted by atomic mass is 16.5. The van der Waals surface area contributed by atoms with Crippen LogP contribution in [0.25, 0.3) is 0 Å². The summed E-state index contributed by atoms with van der Waals surface area (Å²) in [5.74, 6) is 1.44. The van der Waals surface area contributed by atoms with Gasteiger partial charge in [-0.3, -0.25) is 0 Å². The first-order chi connectivity index (χ1) is 7.72. The van der Waals surface area contributed by atoms with Gasteiger partial charge in [0.15, 0.2) is 0 Å². The number of rotatable bonds is 5. The lowest BCUT2D eigenvalue weighted by atomic mass is 10.1. The van der Waals surface area contributed by atoms with Crippen molar-refractivity contribution in [3.63, 3.8) is 0 Å². The highest BCUT2D eigenvalue weighted by molar-refractivity contribution is 5.20. The summed E-state index contributed by atoms with van der Waals surface area (Å²) in [7, 11) is 0. The molecule has 0 bridgehead atoms. The normalized spacial score (nSPS) is 9.62. The summed E-state index contributed by atoms with van der Waals surface area (Å²) in [6.45, 7) is 11.3. The zero-order chi connectivity index (χ0) is 12.4. The van der Waals surface area contributed by atoms with Crippen molar-refractivity contribution in [3.05, 3.63) is 23.9 Å². The minimum Gasteiger partial charge on any atom is -0.478 e. The zero-order valence-corrected chi connectivity index (χ0v) is 11.3. The van der Waals surface area contributed by atoms with Crippen LogP contribution in [-0.2, 0) is 6.42 Å². The van der Waals surface area contributed by atoms with Gasteiger partial charge in [0.25, 0.3) is 0 Å². The average molecular weight is 223 g/mol. The average Bonchev–Trinajstić information content (AvgIpc) is 2.31. The summed E-state index contributed by atoms with van der Waals surface area (Å²) in [6, 6.07) is 4.04. The zero-order valence-electron chi connectivity index (χ0n) is 11.3. The summed E-state index contributed by atoms with van der Waals surface area (Å²) >= 11 is 0. The maximum atomic E-state index is 5.55. The van der Waals surface area contributed by atoms with Crippen molar-refractivity contribution in [3.8, 4) is 5.88 Å². The molecular formula is C14H25NO. The van der Waals surface area contributed by atoms with Crippen LogP contribution in [0, 0.1) is 5.92 Å². The molecule has 1 rings (SSSR count). The fraction of sp³-hybridized carbons (Fsp3) is 0.643. The topological polar surface area (TPSA) is 22.1 Å². The van der Waals surface area contributed by atoms with Gasteiger partial charge in [0.05, 0.1) is 6.61 Å². The van der Waals surface area contributed by atoms with Crippen LogP contribution in [0.5, 0.6) is 5.88 Å². The number of hydrogen-bond donors (Lipinski definition) is 0. The molecular weight excluding hydrogens is 198 g/mol. The van der Waals surface area contributed by atoms with E-state index < -0.39 is 0 Å². The Hall–Kier alpha value is -1.05. The Morgan fingerprint density at radius 2 is 2.00 bits per heavy atom. The SMILES string of the molecule is CC.CCc1ccnc(OCCC(C)C)c1. The van der Waals surface area contributed by atoms with Crippen LogP contribution in [0.2, 0.25) is 0 Å². The molecule has 2 nitrogen and oxygen atoms in total. The third-order valence-electron chi connectivity index (χ3n) is 2.15. The predicted octanol–water partition coefficient (Wildman–Crippen LogP) is 4.10. The van der Waals surface area contributed by atoms with Gasteiger partial charge in [-0.15, -0.1) is 0 Å². The van der Waals surface area contributed by atoms with E-state index >= 15 is 0 Å². The van der Waals surface area contributed by atoms with Gasteiger partial charge in [0.2, 0.25) is 5.88 Å². The maximum absolute atomic E-state index is 5.55. The van der Waals surface area contributed by atoms with Crippen molar-refractivity contribution in [2.24, 2.45) is 5.92 Å². The van der Waals surface area contributed by atoms with E-state index in [1.807, 2.05) is 32.2 Å². The van der Waals surface area contributed by atoms with E-state index in [0.29, 0.717) is 5.92 Å². The van der Waals surface area contributed by atoms with Crippen LogP contribution >= 0.6 is 0 Å². The van der Waals surface area contributed by atoms with Crippen LogP contribution in [-0.4, -0.2) is 11.6 Å². The van der Waals surface area contributed by atoms with E-state index in [9.17, 15) is 0 Å². The van der Waals surface area contributed by atoms with Crippen molar-refractivity contribution in [1.29, 1.82) is 0 Å². The minimum atomic E-state index is 0.685. The van der Waals surface area contributed by atoms with Gasteiger partial charge in [0.1, 0.15) is 0 Å². The van der Waals surface area contributed by atoms with Crippen molar-refractivity contribution >= 4 is 0 Å². The molecule has 0 N–H and O–H groups in total. The molecule has 1 heterocycles. The van der Waals surface area contributed by atoms with Crippen LogP contribution in [0.1, 0.15) is 46.6 Å². The Kier molecular flexibility index (Phi) is 8.59. The molecule has 0 aliphatic rings. The standard InChI is InChI=1S/C12H19NO.C2H6/c1-4-11-5-7-13-12(9-11)14-8-6-10(2)3;1-2/h5,7,9-10H,4,6,8H2,1-3H3;1-2H3. The summed E-state index contributed by atoms with van der Waals surface area (Å²) in [4.78, 5) is 4.16. The third kappa shape index (κ3) is 6.44. The van der Waals surface area contributed by atoms with Crippen LogP contribution < -0.4 is 4.74 Å². The monoisotopic (exact) mass is 223 g/mol. The molecule has 0 spiro atoms. The second kappa shape index (κ2) is 9.20. The fourth-order valence-corrected chi connectivity index (χ4v) is 1.15. The second-order valence-corrected chi connectivity index (χ2v) is 3.89. The lowest BCUT2D eigenvalue weighted by molar-refractivity contribution is 0.279. The fourth-order valence-electron chi connectivity index (χ4n) is 1.15. The maximum Gasteiger partial charge on any atom is 0.213 e. The number of hydrogen-bond acceptors (Lipinski definition) is 2. The first-order valence-electron chi connectivity index (χ1n) is 6.30. The summed E-state index contributed by atoms with van der Waals surface area (Å²) in [6.07, 6.45) is 3.92. The molecule has 0 saturated heterocycles. The Morgan fingerprint density at radius 3 is 2.56 bits per heavy atom. The molecule has 0 aliphatic heterocycles. The molecule has 0 atom stereocenters. The molecule has 0 amide bonds. The van der Waals surface area contributed by atoms with Crippen molar-refractivity contribution in [2.45, 2.75) is 47.5 Å². The van der Waals surface area contributed by atoms with Gasteiger partial charge in [-0.1, -0.05) is 34.6 Å². The van der Waals surface area contributed by atoms with Gasteiger partial charge in [-0.2, -0.15) is 0 Å². The molecule has 0 radical (unpaired) electrons. The smallest absolute Gasteiger partial charge is 0.213 e. The first kappa shape index (κ1) is 14.9. The molecule has 16 heavy (non-hydrogen) atoms. The lowest BCUT2D eigenvalue weighted by Gasteiger charge is -2.07. The van der Waals surface area contributed by atoms with Crippen LogP contribution in [0.4, 0.5) is 0 Å². The molecule has 0 saturated carbocycles. The van der Waals surface area contributed by atoms with E-state index in [0.717, 1.165) is 25.3 Å². The quantitative estimate of drug-likeness (QED) is 0.750. The molecule has 0 unspecified atom stereocenters. The van der Waals surface area contributed by atoms with E-state index in [1.54, 1.807) is 0 Å². The van der Waals surface area contributed by atoms with Gasteiger partial charge in [-0.05, 0) is 30.4 Å². The molecule has 92 valence electrons. The first-order valence-corrected chi connectivity index (χ1v) is 6.30. The van der Waals surface area contributed by atoms with E-state index in [4.69, 9.17) is 4.74 Å². The summed E-state index contributed by atoms with van der Waals surface area (Å²) < 4.78 is 5.55. The summed E-state index contributed by atoms with van der Waals surface area (Å²) in [5.41, 5.74) is 1.28. The Morgan fingerprint density at radius 1 is 1.31 bits per heavy atom. The molecule has 0 aliphatic carbocycles. The van der Waals surface area contributed by atoms with Gasteiger partial charge >= 0.3 is 0 Å². The van der Waals surface area contributed by atoms with E-state index in [-0.39, 0.29) is 0 Å². The molecule has 0 fully saturated rings.